The van der Waals surface area contributed by atoms with Crippen molar-refractivity contribution in [3.63, 3.8) is 0 Å². The summed E-state index contributed by atoms with van der Waals surface area (Å²) in [6, 6.07) is 3.51. The quantitative estimate of drug-likeness (QED) is 0.0674. The molecule has 6 N–H and O–H groups in total. The fourth-order valence-electron chi connectivity index (χ4n) is 3.87. The minimum absolute atomic E-state index is 0. The first-order valence-corrected chi connectivity index (χ1v) is 16.1. The molecular weight excluding hydrogens is 759 g/mol. The van der Waals surface area contributed by atoms with Crippen molar-refractivity contribution in [1.29, 1.82) is 5.41 Å². The lowest BCUT2D eigenvalue weighted by atomic mass is 10.0. The third-order valence-corrected chi connectivity index (χ3v) is 6.47. The van der Waals surface area contributed by atoms with E-state index in [1.54, 1.807) is 33.8 Å². The highest BCUT2D eigenvalue weighted by molar-refractivity contribution is 6.33. The van der Waals surface area contributed by atoms with Gasteiger partial charge in [0.05, 0.1) is 16.8 Å². The fraction of sp³-hybridized carbons (Fsp3) is 0.361. The molecule has 296 valence electrons. The Hall–Kier alpha value is -6.35. The van der Waals surface area contributed by atoms with Crippen molar-refractivity contribution >= 4 is 64.3 Å². The summed E-state index contributed by atoms with van der Waals surface area (Å²) in [5.41, 5.74) is 5.29. The molecule has 19 heteroatoms. The van der Waals surface area contributed by atoms with Gasteiger partial charge in [-0.3, -0.25) is 15.0 Å². The molecular formula is C36H44Cl2N8O9. The largest absolute Gasteiger partial charge is 0.493 e. The molecule has 0 aliphatic carbocycles. The summed E-state index contributed by atoms with van der Waals surface area (Å²) in [7, 11) is 0. The molecule has 5 heterocycles. The van der Waals surface area contributed by atoms with Crippen molar-refractivity contribution in [2.45, 2.75) is 81.1 Å². The minimum Gasteiger partial charge on any atom is -0.493 e. The predicted molar refractivity (Wildman–Crippen MR) is 207 cm³/mol. The molecule has 0 amide bonds. The number of nitrogens with one attached hydrogen (secondary N) is 3. The van der Waals surface area contributed by atoms with Gasteiger partial charge in [-0.05, 0) is 59.6 Å². The van der Waals surface area contributed by atoms with Crippen LogP contribution in [0.4, 0.5) is 0 Å². The molecule has 0 aliphatic rings. The fourth-order valence-corrected chi connectivity index (χ4v) is 4.13. The summed E-state index contributed by atoms with van der Waals surface area (Å²) >= 11 is 5.86. The molecule has 5 aromatic rings. The molecule has 0 fully saturated rings. The highest BCUT2D eigenvalue weighted by Gasteiger charge is 2.08. The van der Waals surface area contributed by atoms with Crippen LogP contribution in [0, 0.1) is 70.6 Å². The Morgan fingerprint density at radius 3 is 1.71 bits per heavy atom. The van der Waals surface area contributed by atoms with Gasteiger partial charge in [-0.2, -0.15) is 29.1 Å². The predicted octanol–water partition coefficient (Wildman–Crippen LogP) is 5.23. The van der Waals surface area contributed by atoms with Crippen LogP contribution in [0.15, 0.2) is 30.6 Å². The molecule has 0 spiro atoms. The van der Waals surface area contributed by atoms with Gasteiger partial charge in [0.15, 0.2) is 0 Å². The zero-order chi connectivity index (χ0) is 42.0. The maximum atomic E-state index is 11.3. The maximum absolute atomic E-state index is 11.3. The first-order chi connectivity index (χ1) is 25.4. The summed E-state index contributed by atoms with van der Waals surface area (Å²) in [4.78, 5) is 75.7. The number of aromatic hydroxyl groups is 1. The number of H-pyrrole nitrogens is 2. The zero-order valence-corrected chi connectivity index (χ0v) is 33.2. The molecule has 0 atom stereocenters. The van der Waals surface area contributed by atoms with Crippen molar-refractivity contribution in [1.82, 2.24) is 29.9 Å². The number of hydrogen-bond acceptors (Lipinski definition) is 14. The van der Waals surface area contributed by atoms with Crippen LogP contribution < -0.4 is 16.9 Å². The van der Waals surface area contributed by atoms with E-state index in [0.717, 1.165) is 23.5 Å². The number of terminal acetylenes is 2. The Bertz CT molecular complexity index is 2200. The molecule has 0 bridgehead atoms. The second kappa shape index (κ2) is 29.1. The standard InChI is InChI=1S/C8H7ClN2O.2C8H8N2O2.C8H14.C2H6N2.2CO2.ClH/c1-4-3-6-7(9)10-5(2)11-8(6)12-4;1-4-3-6-7(11)9-5(2)10-8(6)12-4;1-3-4-6-7(11)9-5(2)10-8(6)12;1-4-7-8(5-2)6-3;1-2(3)4;2*2-1-3;/h3H,1-2H3;3H,1-2H3,(H,9,10,11);1H,4H2,2H3,(H2,9,10,11,12);1,8H,5-7H2,2-3H3;1H3,(H3,3,4);;;1H. The van der Waals surface area contributed by atoms with Crippen LogP contribution in [0.5, 0.6) is 5.88 Å². The van der Waals surface area contributed by atoms with Crippen molar-refractivity contribution < 1.29 is 33.1 Å². The average molecular weight is 804 g/mol. The van der Waals surface area contributed by atoms with Crippen LogP contribution in [0.25, 0.3) is 22.2 Å². The number of hydrogen-bond donors (Lipinski definition) is 5. The number of nitrogens with two attached hydrogens (primary N) is 1. The lowest BCUT2D eigenvalue weighted by Gasteiger charge is -2.04. The number of aryl methyl sites for hydroxylation is 5. The molecule has 0 aromatic carbocycles. The van der Waals surface area contributed by atoms with Gasteiger partial charge in [0.1, 0.15) is 39.5 Å². The number of aromatic amines is 2. The third kappa shape index (κ3) is 21.7. The molecule has 55 heavy (non-hydrogen) atoms. The number of rotatable bonds is 4. The Kier molecular flexibility index (Phi) is 28.1. The van der Waals surface area contributed by atoms with E-state index in [4.69, 9.17) is 63.6 Å². The Labute approximate surface area is 327 Å². The van der Waals surface area contributed by atoms with Crippen molar-refractivity contribution in [3.8, 4) is 30.6 Å². The molecule has 0 saturated heterocycles. The van der Waals surface area contributed by atoms with E-state index >= 15 is 0 Å². The second-order valence-corrected chi connectivity index (χ2v) is 11.0. The summed E-state index contributed by atoms with van der Waals surface area (Å²) < 4.78 is 10.5. The number of furan rings is 2. The molecule has 17 nitrogen and oxygen atoms in total. The number of halogens is 2. The Balaban J connectivity index is -0.000000608. The van der Waals surface area contributed by atoms with Gasteiger partial charge in [0.2, 0.25) is 17.3 Å². The van der Waals surface area contributed by atoms with Gasteiger partial charge >= 0.3 is 12.3 Å². The number of fused-ring (bicyclic) bond motifs is 2. The van der Waals surface area contributed by atoms with Gasteiger partial charge in [-0.15, -0.1) is 37.1 Å². The molecule has 5 aromatic heterocycles. The van der Waals surface area contributed by atoms with Gasteiger partial charge in [-0.25, -0.2) is 9.97 Å². The van der Waals surface area contributed by atoms with E-state index < -0.39 is 0 Å². The normalized spacial score (nSPS) is 8.87. The highest BCUT2D eigenvalue weighted by atomic mass is 35.5. The molecule has 0 aliphatic heterocycles. The molecule has 0 radical (unpaired) electrons. The molecule has 0 unspecified atom stereocenters. The Morgan fingerprint density at radius 1 is 0.855 bits per heavy atom. The van der Waals surface area contributed by atoms with Gasteiger partial charge < -0.3 is 29.6 Å². The first-order valence-electron chi connectivity index (χ1n) is 15.7. The van der Waals surface area contributed by atoms with Gasteiger partial charge in [0.25, 0.3) is 11.1 Å². The van der Waals surface area contributed by atoms with Gasteiger partial charge in [-0.1, -0.05) is 38.3 Å². The Morgan fingerprint density at radius 2 is 1.29 bits per heavy atom. The van der Waals surface area contributed by atoms with Crippen LogP contribution in [0.1, 0.15) is 74.6 Å². The lowest BCUT2D eigenvalue weighted by molar-refractivity contribution is -0.193. The number of nitrogens with zero attached hydrogens (tertiary/aromatic N) is 4. The van der Waals surface area contributed by atoms with Crippen LogP contribution in [0.2, 0.25) is 5.15 Å². The average Bonchev–Trinajstić information content (AvgIpc) is 3.64. The van der Waals surface area contributed by atoms with E-state index in [-0.39, 0.29) is 59.5 Å². The third-order valence-electron chi connectivity index (χ3n) is 6.18. The van der Waals surface area contributed by atoms with E-state index in [9.17, 15) is 14.7 Å². The van der Waals surface area contributed by atoms with Crippen LogP contribution in [-0.2, 0) is 25.6 Å². The van der Waals surface area contributed by atoms with Crippen LogP contribution in [-0.4, -0.2) is 53.1 Å². The molecule has 5 rings (SSSR count). The maximum Gasteiger partial charge on any atom is 0.373 e. The number of carbonyl (C=O) groups excluding carboxylic acids is 4. The second-order valence-electron chi connectivity index (χ2n) is 10.6. The monoisotopic (exact) mass is 802 g/mol. The zero-order valence-electron chi connectivity index (χ0n) is 31.6. The smallest absolute Gasteiger partial charge is 0.373 e. The summed E-state index contributed by atoms with van der Waals surface area (Å²) in [5.74, 6) is 8.65. The molecule has 0 saturated carbocycles. The SMILES string of the molecule is C#CCC(CC)CC.C#CCc1c(O)nc(C)[nH]c1=O.CC(=N)N.Cc1nc(Cl)c2cc(C)oc2n1.Cc1nc2oc(C)cc2c(=O)[nH]1.Cl.O=C=O.O=C=O. The van der Waals surface area contributed by atoms with Crippen molar-refractivity contribution in [3.05, 3.63) is 72.6 Å². The topological polar surface area (TPSA) is 282 Å². The summed E-state index contributed by atoms with van der Waals surface area (Å²) in [6.45, 7) is 14.6. The van der Waals surface area contributed by atoms with E-state index in [1.165, 1.54) is 19.8 Å². The van der Waals surface area contributed by atoms with E-state index in [0.29, 0.717) is 45.2 Å². The summed E-state index contributed by atoms with van der Waals surface area (Å²) in [6.07, 6.45) is 14.1. The van der Waals surface area contributed by atoms with Gasteiger partial charge in [0, 0.05) is 12.8 Å². The number of amidine groups is 1. The summed E-state index contributed by atoms with van der Waals surface area (Å²) in [5, 5.41) is 17.2. The highest BCUT2D eigenvalue weighted by Crippen LogP contribution is 2.23. The van der Waals surface area contributed by atoms with Crippen LogP contribution >= 0.6 is 24.0 Å². The van der Waals surface area contributed by atoms with E-state index in [2.05, 4.69) is 55.6 Å². The number of aromatic nitrogens is 6. The van der Waals surface area contributed by atoms with Crippen LogP contribution in [0.3, 0.4) is 0 Å². The first kappa shape index (κ1) is 53.0. The van der Waals surface area contributed by atoms with E-state index in [1.807, 2.05) is 13.0 Å². The van der Waals surface area contributed by atoms with Crippen molar-refractivity contribution in [2.24, 2.45) is 11.7 Å². The lowest BCUT2D eigenvalue weighted by Crippen LogP contribution is -2.14. The minimum atomic E-state index is -0.377. The van der Waals surface area contributed by atoms with Crippen molar-refractivity contribution in [2.75, 3.05) is 0 Å².